The number of phenols is 1. The van der Waals surface area contributed by atoms with Gasteiger partial charge in [-0.3, -0.25) is 0 Å². The average molecular weight is 316 g/mol. The summed E-state index contributed by atoms with van der Waals surface area (Å²) in [6, 6.07) is 9.87. The molecule has 0 spiro atoms. The van der Waals surface area contributed by atoms with Crippen molar-refractivity contribution in [1.82, 2.24) is 5.32 Å². The van der Waals surface area contributed by atoms with Crippen molar-refractivity contribution in [3.05, 3.63) is 64.2 Å². The topological polar surface area (TPSA) is 32.3 Å². The second-order valence-electron chi connectivity index (χ2n) is 4.54. The van der Waals surface area contributed by atoms with E-state index in [1.54, 1.807) is 18.2 Å². The molecule has 21 heavy (non-hydrogen) atoms. The first kappa shape index (κ1) is 15.7. The van der Waals surface area contributed by atoms with Gasteiger partial charge in [-0.15, -0.1) is 0 Å². The van der Waals surface area contributed by atoms with E-state index in [-0.39, 0.29) is 18.8 Å². The Hall–Kier alpha value is -1.72. The third kappa shape index (κ3) is 4.12. The van der Waals surface area contributed by atoms with Gasteiger partial charge in [0.05, 0.1) is 5.56 Å². The van der Waals surface area contributed by atoms with Crippen molar-refractivity contribution < 1.29 is 18.3 Å². The van der Waals surface area contributed by atoms with Crippen LogP contribution in [0.2, 0.25) is 5.02 Å². The molecule has 0 aliphatic rings. The second kappa shape index (κ2) is 6.37. The smallest absolute Gasteiger partial charge is 0.416 e. The van der Waals surface area contributed by atoms with Gasteiger partial charge in [0, 0.05) is 23.7 Å². The van der Waals surface area contributed by atoms with Crippen LogP contribution in [0.3, 0.4) is 0 Å². The van der Waals surface area contributed by atoms with Crippen LogP contribution in [0.4, 0.5) is 13.2 Å². The van der Waals surface area contributed by atoms with E-state index < -0.39 is 11.7 Å². The van der Waals surface area contributed by atoms with Crippen molar-refractivity contribution in [1.29, 1.82) is 0 Å². The summed E-state index contributed by atoms with van der Waals surface area (Å²) >= 11 is 5.95. The van der Waals surface area contributed by atoms with Gasteiger partial charge in [0.15, 0.2) is 0 Å². The molecule has 0 fully saturated rings. The normalized spacial score (nSPS) is 11.6. The van der Waals surface area contributed by atoms with E-state index in [9.17, 15) is 18.3 Å². The van der Waals surface area contributed by atoms with E-state index in [2.05, 4.69) is 5.32 Å². The molecule has 0 radical (unpaired) electrons. The fourth-order valence-corrected chi connectivity index (χ4v) is 2.15. The molecule has 0 bridgehead atoms. The van der Waals surface area contributed by atoms with Gasteiger partial charge >= 0.3 is 6.18 Å². The highest BCUT2D eigenvalue weighted by molar-refractivity contribution is 6.31. The molecule has 2 aromatic carbocycles. The molecule has 0 atom stereocenters. The lowest BCUT2D eigenvalue weighted by molar-refractivity contribution is -0.137. The van der Waals surface area contributed by atoms with E-state index in [0.717, 1.165) is 12.1 Å². The molecule has 0 amide bonds. The predicted molar refractivity (Wildman–Crippen MR) is 75.1 cm³/mol. The van der Waals surface area contributed by atoms with Crippen molar-refractivity contribution >= 4 is 11.6 Å². The van der Waals surface area contributed by atoms with Crippen LogP contribution in [-0.4, -0.2) is 5.11 Å². The maximum Gasteiger partial charge on any atom is 0.416 e. The summed E-state index contributed by atoms with van der Waals surface area (Å²) in [6.45, 7) is 0.510. The first-order chi connectivity index (χ1) is 9.88. The summed E-state index contributed by atoms with van der Waals surface area (Å²) < 4.78 is 37.8. The minimum atomic E-state index is -4.35. The number of rotatable bonds is 4. The maximum atomic E-state index is 12.6. The summed E-state index contributed by atoms with van der Waals surface area (Å²) in [5, 5.41) is 13.0. The lowest BCUT2D eigenvalue weighted by Crippen LogP contribution is -2.14. The summed E-state index contributed by atoms with van der Waals surface area (Å²) in [7, 11) is 0. The zero-order valence-corrected chi connectivity index (χ0v) is 11.7. The lowest BCUT2D eigenvalue weighted by atomic mass is 10.1. The highest BCUT2D eigenvalue weighted by Crippen LogP contribution is 2.29. The van der Waals surface area contributed by atoms with Gasteiger partial charge in [-0.05, 0) is 23.8 Å². The standard InChI is InChI=1S/C15H13ClF3NO/c16-13-5-2-6-14(21)12(13)9-20-8-10-3-1-4-11(7-10)15(17,18)19/h1-7,20-21H,8-9H2. The van der Waals surface area contributed by atoms with Crippen LogP contribution in [0.25, 0.3) is 0 Å². The van der Waals surface area contributed by atoms with Crippen LogP contribution in [0, 0.1) is 0 Å². The summed E-state index contributed by atoms with van der Waals surface area (Å²) in [5.41, 5.74) is 0.352. The molecule has 2 rings (SSSR count). The Balaban J connectivity index is 2.01. The minimum Gasteiger partial charge on any atom is -0.508 e. The van der Waals surface area contributed by atoms with Crippen molar-refractivity contribution in [2.24, 2.45) is 0 Å². The molecule has 0 unspecified atom stereocenters. The lowest BCUT2D eigenvalue weighted by Gasteiger charge is -2.11. The minimum absolute atomic E-state index is 0.0547. The zero-order chi connectivity index (χ0) is 15.5. The zero-order valence-electron chi connectivity index (χ0n) is 10.9. The third-order valence-corrected chi connectivity index (χ3v) is 3.33. The predicted octanol–water partition coefficient (Wildman–Crippen LogP) is 4.35. The number of alkyl halides is 3. The highest BCUT2D eigenvalue weighted by atomic mass is 35.5. The Morgan fingerprint density at radius 2 is 1.76 bits per heavy atom. The molecule has 0 aliphatic heterocycles. The fraction of sp³-hybridized carbons (Fsp3) is 0.200. The number of phenolic OH excluding ortho intramolecular Hbond substituents is 1. The molecular formula is C15H13ClF3NO. The number of benzene rings is 2. The monoisotopic (exact) mass is 315 g/mol. The Bertz CT molecular complexity index is 608. The van der Waals surface area contributed by atoms with Crippen molar-refractivity contribution in [2.75, 3.05) is 0 Å². The Morgan fingerprint density at radius 3 is 2.43 bits per heavy atom. The van der Waals surface area contributed by atoms with Crippen LogP contribution < -0.4 is 5.32 Å². The van der Waals surface area contributed by atoms with E-state index in [0.29, 0.717) is 16.1 Å². The van der Waals surface area contributed by atoms with Gasteiger partial charge in [0.2, 0.25) is 0 Å². The van der Waals surface area contributed by atoms with Crippen LogP contribution in [0.1, 0.15) is 16.7 Å². The largest absolute Gasteiger partial charge is 0.508 e. The average Bonchev–Trinajstić information content (AvgIpc) is 2.41. The molecule has 2 nitrogen and oxygen atoms in total. The molecular weight excluding hydrogens is 303 g/mol. The molecule has 2 aromatic rings. The van der Waals surface area contributed by atoms with Gasteiger partial charge in [0.1, 0.15) is 5.75 Å². The quantitative estimate of drug-likeness (QED) is 0.879. The highest BCUT2D eigenvalue weighted by Gasteiger charge is 2.30. The van der Waals surface area contributed by atoms with E-state index in [1.807, 2.05) is 0 Å². The number of aromatic hydroxyl groups is 1. The van der Waals surface area contributed by atoms with Gasteiger partial charge in [-0.25, -0.2) is 0 Å². The van der Waals surface area contributed by atoms with Gasteiger partial charge in [0.25, 0.3) is 0 Å². The third-order valence-electron chi connectivity index (χ3n) is 2.98. The maximum absolute atomic E-state index is 12.6. The molecule has 0 saturated carbocycles. The molecule has 0 saturated heterocycles. The molecule has 0 aliphatic carbocycles. The van der Waals surface area contributed by atoms with E-state index in [1.165, 1.54) is 12.1 Å². The van der Waals surface area contributed by atoms with Crippen molar-refractivity contribution in [3.8, 4) is 5.75 Å². The summed E-state index contributed by atoms with van der Waals surface area (Å²) in [5.74, 6) is 0.0547. The van der Waals surface area contributed by atoms with Gasteiger partial charge < -0.3 is 10.4 Å². The molecule has 0 heterocycles. The molecule has 0 aromatic heterocycles. The Labute approximate surface area is 125 Å². The van der Waals surface area contributed by atoms with Crippen LogP contribution >= 0.6 is 11.6 Å². The second-order valence-corrected chi connectivity index (χ2v) is 4.95. The van der Waals surface area contributed by atoms with Crippen molar-refractivity contribution in [3.63, 3.8) is 0 Å². The number of hydrogen-bond acceptors (Lipinski definition) is 2. The molecule has 112 valence electrons. The Morgan fingerprint density at radius 1 is 1.05 bits per heavy atom. The van der Waals surface area contributed by atoms with E-state index >= 15 is 0 Å². The molecule has 2 N–H and O–H groups in total. The van der Waals surface area contributed by atoms with Gasteiger partial charge in [-0.1, -0.05) is 35.9 Å². The Kier molecular flexibility index (Phi) is 4.75. The van der Waals surface area contributed by atoms with E-state index in [4.69, 9.17) is 11.6 Å². The first-order valence-corrected chi connectivity index (χ1v) is 6.59. The first-order valence-electron chi connectivity index (χ1n) is 6.21. The van der Waals surface area contributed by atoms with Crippen LogP contribution in [0.5, 0.6) is 5.75 Å². The fourth-order valence-electron chi connectivity index (χ4n) is 1.91. The molecule has 6 heteroatoms. The number of halogens is 4. The van der Waals surface area contributed by atoms with Crippen LogP contribution in [-0.2, 0) is 19.3 Å². The van der Waals surface area contributed by atoms with Crippen LogP contribution in [0.15, 0.2) is 42.5 Å². The SMILES string of the molecule is Oc1cccc(Cl)c1CNCc1cccc(C(F)(F)F)c1. The van der Waals surface area contributed by atoms with Gasteiger partial charge in [-0.2, -0.15) is 13.2 Å². The summed E-state index contributed by atoms with van der Waals surface area (Å²) in [4.78, 5) is 0. The number of hydrogen-bond donors (Lipinski definition) is 2. The van der Waals surface area contributed by atoms with Crippen molar-refractivity contribution in [2.45, 2.75) is 19.3 Å². The number of nitrogens with one attached hydrogen (secondary N) is 1. The summed E-state index contributed by atoms with van der Waals surface area (Å²) in [6.07, 6.45) is -4.35.